The van der Waals surface area contributed by atoms with Crippen LogP contribution >= 0.6 is 0 Å². The maximum Gasteiger partial charge on any atom is 0.0998 e. The monoisotopic (exact) mass is 660 g/mol. The molecule has 0 atom stereocenters. The summed E-state index contributed by atoms with van der Waals surface area (Å²) in [5, 5.41) is 26.1. The number of aromatic nitrogens is 2. The molecule has 0 aliphatic carbocycles. The van der Waals surface area contributed by atoms with Gasteiger partial charge in [0.05, 0.1) is 45.3 Å². The fourth-order valence-corrected chi connectivity index (χ4v) is 7.97. The van der Waals surface area contributed by atoms with Crippen molar-refractivity contribution in [3.63, 3.8) is 0 Å². The van der Waals surface area contributed by atoms with Gasteiger partial charge >= 0.3 is 0 Å². The van der Waals surface area contributed by atoms with Gasteiger partial charge in [-0.3, -0.25) is 0 Å². The van der Waals surface area contributed by atoms with Crippen LogP contribution in [0.1, 0.15) is 11.1 Å². The van der Waals surface area contributed by atoms with Crippen molar-refractivity contribution in [2.45, 2.75) is 0 Å². The molecule has 0 bridgehead atoms. The third-order valence-corrected chi connectivity index (χ3v) is 10.4. The zero-order valence-electron chi connectivity index (χ0n) is 28.0. The molecule has 10 rings (SSSR count). The molecule has 10 aromatic rings. The van der Waals surface area contributed by atoms with E-state index in [-0.39, 0.29) is 0 Å². The molecule has 2 aromatic heterocycles. The van der Waals surface area contributed by atoms with Crippen LogP contribution in [0.4, 0.5) is 0 Å². The van der Waals surface area contributed by atoms with Crippen LogP contribution in [-0.4, -0.2) is 9.13 Å². The van der Waals surface area contributed by atoms with Gasteiger partial charge in [-0.1, -0.05) is 97.1 Å². The van der Waals surface area contributed by atoms with E-state index in [1.807, 2.05) is 42.5 Å². The van der Waals surface area contributed by atoms with Gasteiger partial charge in [0.15, 0.2) is 0 Å². The molecule has 0 aliphatic rings. The Morgan fingerprint density at radius 2 is 0.865 bits per heavy atom. The highest BCUT2D eigenvalue weighted by Gasteiger charge is 2.19. The number of para-hydroxylation sites is 1. The topological polar surface area (TPSA) is 57.4 Å². The van der Waals surface area contributed by atoms with Crippen LogP contribution in [0.2, 0.25) is 0 Å². The zero-order valence-corrected chi connectivity index (χ0v) is 28.0. The molecule has 0 N–H and O–H groups in total. The second-order valence-electron chi connectivity index (χ2n) is 13.2. The number of fused-ring (bicyclic) bond motifs is 8. The second kappa shape index (κ2) is 11.6. The van der Waals surface area contributed by atoms with Crippen LogP contribution in [-0.2, 0) is 0 Å². The first-order chi connectivity index (χ1) is 25.7. The van der Waals surface area contributed by atoms with Crippen molar-refractivity contribution in [3.05, 3.63) is 181 Å². The molecule has 4 heteroatoms. The molecule has 4 nitrogen and oxygen atoms in total. The maximum atomic E-state index is 10.1. The number of nitrogens with zero attached hydrogens (tertiary/aromatic N) is 4. The Balaban J connectivity index is 1.16. The molecule has 0 unspecified atom stereocenters. The van der Waals surface area contributed by atoms with Crippen molar-refractivity contribution < 1.29 is 0 Å². The smallest absolute Gasteiger partial charge is 0.0998 e. The van der Waals surface area contributed by atoms with Crippen molar-refractivity contribution >= 4 is 54.4 Å². The van der Waals surface area contributed by atoms with Crippen molar-refractivity contribution in [2.75, 3.05) is 0 Å². The van der Waals surface area contributed by atoms with E-state index in [1.54, 1.807) is 0 Å². The highest BCUT2D eigenvalue weighted by atomic mass is 15.0. The number of nitriles is 2. The largest absolute Gasteiger partial charge is 0.309 e. The van der Waals surface area contributed by atoms with Gasteiger partial charge in [0.1, 0.15) is 0 Å². The third-order valence-electron chi connectivity index (χ3n) is 10.4. The predicted molar refractivity (Wildman–Crippen MR) is 213 cm³/mol. The maximum absolute atomic E-state index is 10.1. The molecule has 52 heavy (non-hydrogen) atoms. The molecule has 0 aliphatic heterocycles. The first kappa shape index (κ1) is 29.5. The molecular weight excluding hydrogens is 633 g/mol. The van der Waals surface area contributed by atoms with E-state index in [9.17, 15) is 10.5 Å². The van der Waals surface area contributed by atoms with Crippen molar-refractivity contribution in [1.82, 2.24) is 9.13 Å². The second-order valence-corrected chi connectivity index (χ2v) is 13.2. The summed E-state index contributed by atoms with van der Waals surface area (Å²) in [7, 11) is 0. The van der Waals surface area contributed by atoms with E-state index in [0.29, 0.717) is 11.1 Å². The Morgan fingerprint density at radius 3 is 1.52 bits per heavy atom. The average Bonchev–Trinajstić information content (AvgIpc) is 3.73. The molecule has 0 saturated heterocycles. The SMILES string of the molecule is N#Cc1ccc2c(c1)c1cc(C#N)c3ccccc3c1n2-c1ccc(-c2ccc3c(c2)c2cc(-c4ccccc4)ccc2n3-c2ccccc2)cc1. The van der Waals surface area contributed by atoms with Crippen molar-refractivity contribution in [2.24, 2.45) is 0 Å². The predicted octanol–water partition coefficient (Wildman–Crippen LogP) is 12.1. The lowest BCUT2D eigenvalue weighted by molar-refractivity contribution is 1.18. The summed E-state index contributed by atoms with van der Waals surface area (Å²) >= 11 is 0. The number of rotatable bonds is 4. The standard InChI is InChI=1S/C48H28N4/c49-29-31-15-22-47-41(25-31)44-28-36(30-50)39-13-7-8-14-40(39)48(44)52(47)38-20-16-33(17-21-38)35-19-24-46-43(27-35)42-26-34(32-9-3-1-4-10-32)18-23-45(42)51(46)37-11-5-2-6-12-37/h1-28H. The van der Waals surface area contributed by atoms with Crippen LogP contribution in [0, 0.1) is 22.7 Å². The van der Waals surface area contributed by atoms with Gasteiger partial charge in [0.2, 0.25) is 0 Å². The van der Waals surface area contributed by atoms with E-state index < -0.39 is 0 Å². The van der Waals surface area contributed by atoms with Gasteiger partial charge in [-0.25, -0.2) is 0 Å². The molecule has 2 heterocycles. The van der Waals surface area contributed by atoms with Crippen molar-refractivity contribution in [1.29, 1.82) is 10.5 Å². The number of hydrogen-bond acceptors (Lipinski definition) is 2. The fourth-order valence-electron chi connectivity index (χ4n) is 7.97. The summed E-state index contributed by atoms with van der Waals surface area (Å²) in [6.45, 7) is 0. The minimum absolute atomic E-state index is 0.591. The van der Waals surface area contributed by atoms with Gasteiger partial charge in [0, 0.05) is 43.7 Å². The highest BCUT2D eigenvalue weighted by Crippen LogP contribution is 2.40. The third kappa shape index (κ3) is 4.46. The Bertz CT molecular complexity index is 3120. The van der Waals surface area contributed by atoms with Gasteiger partial charge < -0.3 is 9.13 Å². The molecule has 240 valence electrons. The zero-order chi connectivity index (χ0) is 34.8. The van der Waals surface area contributed by atoms with Crippen molar-refractivity contribution in [3.8, 4) is 45.8 Å². The van der Waals surface area contributed by atoms with Gasteiger partial charge in [-0.05, 0) is 95.1 Å². The van der Waals surface area contributed by atoms with E-state index in [0.717, 1.165) is 60.6 Å². The first-order valence-corrected chi connectivity index (χ1v) is 17.3. The highest BCUT2D eigenvalue weighted by molar-refractivity contribution is 6.20. The van der Waals surface area contributed by atoms with Gasteiger partial charge in [-0.2, -0.15) is 10.5 Å². The fraction of sp³-hybridized carbons (Fsp3) is 0. The molecule has 8 aromatic carbocycles. The summed E-state index contributed by atoms with van der Waals surface area (Å²) in [5.41, 5.74) is 12.4. The number of hydrogen-bond donors (Lipinski definition) is 0. The van der Waals surface area contributed by atoms with E-state index in [2.05, 4.69) is 149 Å². The van der Waals surface area contributed by atoms with Crippen LogP contribution in [0.3, 0.4) is 0 Å². The average molecular weight is 661 g/mol. The summed E-state index contributed by atoms with van der Waals surface area (Å²) < 4.78 is 4.62. The Hall–Kier alpha value is -7.40. The quantitative estimate of drug-likeness (QED) is 0.189. The lowest BCUT2D eigenvalue weighted by Crippen LogP contribution is -1.95. The summed E-state index contributed by atoms with van der Waals surface area (Å²) in [5.74, 6) is 0. The van der Waals surface area contributed by atoms with E-state index in [1.165, 1.54) is 27.4 Å². The van der Waals surface area contributed by atoms with Crippen LogP contribution in [0.15, 0.2) is 170 Å². The van der Waals surface area contributed by atoms with E-state index in [4.69, 9.17) is 0 Å². The Morgan fingerprint density at radius 1 is 0.346 bits per heavy atom. The number of benzene rings is 8. The molecule has 0 saturated carbocycles. The molecule has 0 radical (unpaired) electrons. The molecular formula is C48H28N4. The minimum atomic E-state index is 0.591. The van der Waals surface area contributed by atoms with Gasteiger partial charge in [-0.15, -0.1) is 0 Å². The lowest BCUT2D eigenvalue weighted by Gasteiger charge is -2.12. The summed E-state index contributed by atoms with van der Waals surface area (Å²) in [4.78, 5) is 0. The Labute approximate surface area is 299 Å². The van der Waals surface area contributed by atoms with Crippen LogP contribution in [0.25, 0.3) is 88.0 Å². The minimum Gasteiger partial charge on any atom is -0.309 e. The molecule has 0 spiro atoms. The van der Waals surface area contributed by atoms with E-state index >= 15 is 0 Å². The Kier molecular flexibility index (Phi) is 6.58. The van der Waals surface area contributed by atoms with Crippen LogP contribution < -0.4 is 0 Å². The lowest BCUT2D eigenvalue weighted by atomic mass is 10.00. The summed E-state index contributed by atoms with van der Waals surface area (Å²) in [6.07, 6.45) is 0. The molecule has 0 fully saturated rings. The normalized spacial score (nSPS) is 11.4. The molecule has 0 amide bonds. The van der Waals surface area contributed by atoms with Gasteiger partial charge in [0.25, 0.3) is 0 Å². The summed E-state index contributed by atoms with van der Waals surface area (Å²) in [6, 6.07) is 64.0. The van der Waals surface area contributed by atoms with Crippen LogP contribution in [0.5, 0.6) is 0 Å². The first-order valence-electron chi connectivity index (χ1n) is 17.3.